The van der Waals surface area contributed by atoms with Gasteiger partial charge in [-0.3, -0.25) is 9.69 Å². The molecule has 140 valence electrons. The molecule has 3 aromatic rings. The normalized spacial score (nSPS) is 17.4. The highest BCUT2D eigenvalue weighted by Crippen LogP contribution is 2.36. The van der Waals surface area contributed by atoms with Crippen LogP contribution in [0.2, 0.25) is 5.02 Å². The third-order valence-electron chi connectivity index (χ3n) is 4.93. The first kappa shape index (κ1) is 18.4. The SMILES string of the molecule is O=C(CN1CCC[C@H]1c1nc2ccccc2s1)NCCc1cccc(Cl)c1. The molecule has 1 aromatic heterocycles. The van der Waals surface area contributed by atoms with Crippen molar-refractivity contribution in [2.24, 2.45) is 0 Å². The Balaban J connectivity index is 1.33. The van der Waals surface area contributed by atoms with Crippen molar-refractivity contribution in [3.8, 4) is 0 Å². The molecule has 4 rings (SSSR count). The first-order chi connectivity index (χ1) is 13.2. The minimum Gasteiger partial charge on any atom is -0.355 e. The number of carbonyl (C=O) groups is 1. The van der Waals surface area contributed by atoms with Gasteiger partial charge >= 0.3 is 0 Å². The predicted molar refractivity (Wildman–Crippen MR) is 111 cm³/mol. The van der Waals surface area contributed by atoms with E-state index < -0.39 is 0 Å². The molecule has 6 heteroatoms. The summed E-state index contributed by atoms with van der Waals surface area (Å²) in [6.07, 6.45) is 2.96. The summed E-state index contributed by atoms with van der Waals surface area (Å²) in [5.74, 6) is 0.0741. The molecule has 0 aliphatic carbocycles. The van der Waals surface area contributed by atoms with Gasteiger partial charge in [0.15, 0.2) is 0 Å². The fourth-order valence-electron chi connectivity index (χ4n) is 3.61. The number of rotatable bonds is 6. The molecule has 2 aromatic carbocycles. The lowest BCUT2D eigenvalue weighted by Crippen LogP contribution is -2.37. The maximum absolute atomic E-state index is 12.4. The third-order valence-corrected chi connectivity index (χ3v) is 6.30. The fourth-order valence-corrected chi connectivity index (χ4v) is 4.96. The molecule has 1 N–H and O–H groups in total. The van der Waals surface area contributed by atoms with Gasteiger partial charge in [-0.05, 0) is 55.6 Å². The summed E-state index contributed by atoms with van der Waals surface area (Å²) in [7, 11) is 0. The number of nitrogens with zero attached hydrogens (tertiary/aromatic N) is 2. The highest BCUT2D eigenvalue weighted by atomic mass is 35.5. The second-order valence-corrected chi connectivity index (χ2v) is 8.38. The van der Waals surface area contributed by atoms with Crippen molar-refractivity contribution in [3.63, 3.8) is 0 Å². The smallest absolute Gasteiger partial charge is 0.234 e. The number of hydrogen-bond donors (Lipinski definition) is 1. The van der Waals surface area contributed by atoms with Crippen molar-refractivity contribution in [2.75, 3.05) is 19.6 Å². The Bertz CT molecular complexity index is 909. The van der Waals surface area contributed by atoms with Crippen molar-refractivity contribution in [1.29, 1.82) is 0 Å². The molecule has 0 bridgehead atoms. The van der Waals surface area contributed by atoms with Crippen LogP contribution in [0, 0.1) is 0 Å². The zero-order valence-corrected chi connectivity index (χ0v) is 16.6. The van der Waals surface area contributed by atoms with Gasteiger partial charge in [-0.15, -0.1) is 11.3 Å². The number of thiazole rings is 1. The van der Waals surface area contributed by atoms with Crippen molar-refractivity contribution < 1.29 is 4.79 Å². The van der Waals surface area contributed by atoms with Gasteiger partial charge in [0.2, 0.25) is 5.91 Å². The number of hydrogen-bond acceptors (Lipinski definition) is 4. The Morgan fingerprint density at radius 1 is 1.26 bits per heavy atom. The largest absolute Gasteiger partial charge is 0.355 e. The first-order valence-corrected chi connectivity index (χ1v) is 10.5. The van der Waals surface area contributed by atoms with E-state index in [0.717, 1.165) is 46.9 Å². The van der Waals surface area contributed by atoms with E-state index in [1.165, 1.54) is 4.70 Å². The van der Waals surface area contributed by atoms with Crippen molar-refractivity contribution in [3.05, 3.63) is 64.1 Å². The molecule has 27 heavy (non-hydrogen) atoms. The Labute approximate surface area is 168 Å². The number of aromatic nitrogens is 1. The first-order valence-electron chi connectivity index (χ1n) is 9.30. The quantitative estimate of drug-likeness (QED) is 0.666. The molecular weight excluding hydrogens is 378 g/mol. The van der Waals surface area contributed by atoms with Crippen LogP contribution < -0.4 is 5.32 Å². The minimum absolute atomic E-state index is 0.0741. The standard InChI is InChI=1S/C21H22ClN3OS/c22-16-6-3-5-15(13-16)10-11-23-20(26)14-25-12-4-8-18(25)21-24-17-7-1-2-9-19(17)27-21/h1-3,5-7,9,13,18H,4,8,10-12,14H2,(H,23,26)/t18-/m0/s1. The van der Waals surface area contributed by atoms with Gasteiger partial charge in [0, 0.05) is 11.6 Å². The van der Waals surface area contributed by atoms with Crippen LogP contribution >= 0.6 is 22.9 Å². The van der Waals surface area contributed by atoms with Gasteiger partial charge in [0.05, 0.1) is 22.8 Å². The van der Waals surface area contributed by atoms with Crippen LogP contribution in [0.5, 0.6) is 0 Å². The number of para-hydroxylation sites is 1. The highest BCUT2D eigenvalue weighted by molar-refractivity contribution is 7.18. The highest BCUT2D eigenvalue weighted by Gasteiger charge is 2.29. The molecule has 0 unspecified atom stereocenters. The van der Waals surface area contributed by atoms with Crippen LogP contribution in [0.15, 0.2) is 48.5 Å². The summed E-state index contributed by atoms with van der Waals surface area (Å²) >= 11 is 7.75. The molecule has 1 amide bonds. The van der Waals surface area contributed by atoms with Crippen LogP contribution in [0.4, 0.5) is 0 Å². The number of halogens is 1. The van der Waals surface area contributed by atoms with Gasteiger partial charge < -0.3 is 5.32 Å². The molecule has 4 nitrogen and oxygen atoms in total. The van der Waals surface area contributed by atoms with E-state index in [-0.39, 0.29) is 11.9 Å². The number of benzene rings is 2. The molecule has 0 spiro atoms. The molecule has 1 atom stereocenters. The van der Waals surface area contributed by atoms with E-state index in [2.05, 4.69) is 22.3 Å². The van der Waals surface area contributed by atoms with Gasteiger partial charge in [0.25, 0.3) is 0 Å². The maximum atomic E-state index is 12.4. The third kappa shape index (κ3) is 4.49. The Morgan fingerprint density at radius 3 is 3.00 bits per heavy atom. The zero-order valence-electron chi connectivity index (χ0n) is 15.0. The van der Waals surface area contributed by atoms with Gasteiger partial charge in [-0.2, -0.15) is 0 Å². The molecule has 1 aliphatic heterocycles. The van der Waals surface area contributed by atoms with Crippen LogP contribution in [-0.2, 0) is 11.2 Å². The fraction of sp³-hybridized carbons (Fsp3) is 0.333. The number of nitrogens with one attached hydrogen (secondary N) is 1. The van der Waals surface area contributed by atoms with Gasteiger partial charge in [-0.1, -0.05) is 35.9 Å². The van der Waals surface area contributed by atoms with Crippen LogP contribution in [0.25, 0.3) is 10.2 Å². The number of carbonyl (C=O) groups excluding carboxylic acids is 1. The van der Waals surface area contributed by atoms with E-state index in [4.69, 9.17) is 16.6 Å². The van der Waals surface area contributed by atoms with Crippen molar-refractivity contribution in [2.45, 2.75) is 25.3 Å². The monoisotopic (exact) mass is 399 g/mol. The summed E-state index contributed by atoms with van der Waals surface area (Å²) in [6.45, 7) is 2.00. The molecule has 2 heterocycles. The lowest BCUT2D eigenvalue weighted by atomic mass is 10.1. The van der Waals surface area contributed by atoms with Gasteiger partial charge in [0.1, 0.15) is 5.01 Å². The van der Waals surface area contributed by atoms with Gasteiger partial charge in [-0.25, -0.2) is 4.98 Å². The van der Waals surface area contributed by atoms with Crippen molar-refractivity contribution in [1.82, 2.24) is 15.2 Å². The molecule has 1 saturated heterocycles. The van der Waals surface area contributed by atoms with E-state index in [1.807, 2.05) is 36.4 Å². The summed E-state index contributed by atoms with van der Waals surface area (Å²) in [5, 5.41) is 4.89. The average Bonchev–Trinajstić information content (AvgIpc) is 3.28. The number of fused-ring (bicyclic) bond motifs is 1. The Hall–Kier alpha value is -1.95. The number of amides is 1. The summed E-state index contributed by atoms with van der Waals surface area (Å²) < 4.78 is 1.21. The second-order valence-electron chi connectivity index (χ2n) is 6.88. The van der Waals surface area contributed by atoms with Crippen LogP contribution in [-0.4, -0.2) is 35.4 Å². The van der Waals surface area contributed by atoms with E-state index in [1.54, 1.807) is 11.3 Å². The van der Waals surface area contributed by atoms with Crippen molar-refractivity contribution >= 4 is 39.1 Å². The van der Waals surface area contributed by atoms with E-state index in [0.29, 0.717) is 13.1 Å². The van der Waals surface area contributed by atoms with E-state index >= 15 is 0 Å². The summed E-state index contributed by atoms with van der Waals surface area (Å²) in [6, 6.07) is 16.2. The Morgan fingerprint density at radius 2 is 2.15 bits per heavy atom. The zero-order chi connectivity index (χ0) is 18.6. The predicted octanol–water partition coefficient (Wildman–Crippen LogP) is 4.45. The lowest BCUT2D eigenvalue weighted by Gasteiger charge is -2.22. The maximum Gasteiger partial charge on any atom is 0.234 e. The van der Waals surface area contributed by atoms with Crippen LogP contribution in [0.3, 0.4) is 0 Å². The minimum atomic E-state index is 0.0741. The summed E-state index contributed by atoms with van der Waals surface area (Å²) in [4.78, 5) is 19.5. The average molecular weight is 400 g/mol. The lowest BCUT2D eigenvalue weighted by molar-refractivity contribution is -0.122. The molecular formula is C21H22ClN3OS. The summed E-state index contributed by atoms with van der Waals surface area (Å²) in [5.41, 5.74) is 2.19. The molecule has 0 radical (unpaired) electrons. The molecule has 1 fully saturated rings. The Kier molecular flexibility index (Phi) is 5.72. The van der Waals surface area contributed by atoms with E-state index in [9.17, 15) is 4.79 Å². The molecule has 1 aliphatic rings. The number of likely N-dealkylation sites (tertiary alicyclic amines) is 1. The second kappa shape index (κ2) is 8.38. The van der Waals surface area contributed by atoms with Crippen LogP contribution in [0.1, 0.15) is 29.5 Å². The molecule has 0 saturated carbocycles. The topological polar surface area (TPSA) is 45.2 Å².